The van der Waals surface area contributed by atoms with Crippen LogP contribution >= 0.6 is 0 Å². The van der Waals surface area contributed by atoms with Gasteiger partial charge in [0, 0.05) is 5.56 Å². The van der Waals surface area contributed by atoms with Crippen molar-refractivity contribution in [2.24, 2.45) is 0 Å². The molecule has 2 aromatic rings. The van der Waals surface area contributed by atoms with E-state index in [1.165, 1.54) is 31.2 Å². The zero-order valence-electron chi connectivity index (χ0n) is 11.2. The summed E-state index contributed by atoms with van der Waals surface area (Å²) >= 11 is 0. The van der Waals surface area contributed by atoms with Gasteiger partial charge in [-0.25, -0.2) is 18.9 Å². The molecular formula is C12H13FN4O3. The minimum atomic E-state index is -0.590. The maximum Gasteiger partial charge on any atom is 0.360 e. The zero-order valence-corrected chi connectivity index (χ0v) is 11.2. The van der Waals surface area contributed by atoms with E-state index < -0.39 is 17.8 Å². The predicted octanol–water partition coefficient (Wildman–Crippen LogP) is 1.22. The lowest BCUT2D eigenvalue weighted by Crippen LogP contribution is -2.10. The number of halogens is 1. The second kappa shape index (κ2) is 5.64. The first-order chi connectivity index (χ1) is 9.56. The third kappa shape index (κ3) is 2.58. The fourth-order valence-electron chi connectivity index (χ4n) is 1.72. The Balaban J connectivity index is 2.36. The van der Waals surface area contributed by atoms with Crippen LogP contribution in [-0.2, 0) is 4.74 Å². The number of ether oxygens (including phenoxy) is 2. The number of methoxy groups -OCH3 is 2. The number of pyridine rings is 1. The molecule has 2 rings (SSSR count). The molecule has 0 saturated carbocycles. The van der Waals surface area contributed by atoms with Gasteiger partial charge in [-0.05, 0) is 13.0 Å². The summed E-state index contributed by atoms with van der Waals surface area (Å²) in [5, 5.41) is 7.52. The smallest absolute Gasteiger partial charge is 0.360 e. The molecule has 106 valence electrons. The molecule has 0 aliphatic rings. The lowest BCUT2D eigenvalue weighted by atomic mass is 10.1. The number of hydrogen-bond acceptors (Lipinski definition) is 6. The lowest BCUT2D eigenvalue weighted by molar-refractivity contribution is 0.0594. The van der Waals surface area contributed by atoms with Crippen molar-refractivity contribution >= 4 is 5.97 Å². The third-order valence-corrected chi connectivity index (χ3v) is 2.79. The van der Waals surface area contributed by atoms with Crippen LogP contribution < -0.4 is 4.74 Å². The van der Waals surface area contributed by atoms with Gasteiger partial charge in [0.2, 0.25) is 5.88 Å². The Morgan fingerprint density at radius 1 is 1.45 bits per heavy atom. The summed E-state index contributed by atoms with van der Waals surface area (Å²) in [6.45, 7) is 1.76. The van der Waals surface area contributed by atoms with Crippen molar-refractivity contribution in [1.82, 2.24) is 20.0 Å². The van der Waals surface area contributed by atoms with Gasteiger partial charge in [-0.15, -0.1) is 5.10 Å². The van der Waals surface area contributed by atoms with Gasteiger partial charge in [-0.3, -0.25) is 0 Å². The minimum Gasteiger partial charge on any atom is -0.481 e. The van der Waals surface area contributed by atoms with E-state index >= 15 is 0 Å². The van der Waals surface area contributed by atoms with Crippen molar-refractivity contribution in [3.05, 3.63) is 35.5 Å². The molecule has 1 atom stereocenters. The first kappa shape index (κ1) is 13.9. The number of nitrogens with zero attached hydrogens (tertiary/aromatic N) is 4. The molecule has 2 heterocycles. The van der Waals surface area contributed by atoms with Crippen molar-refractivity contribution in [3.8, 4) is 5.88 Å². The van der Waals surface area contributed by atoms with Gasteiger partial charge in [-0.1, -0.05) is 5.21 Å². The topological polar surface area (TPSA) is 79.1 Å². The number of aromatic nitrogens is 4. The summed E-state index contributed by atoms with van der Waals surface area (Å²) in [5.74, 6) is -0.789. The minimum absolute atomic E-state index is 0.0719. The number of carbonyl (C=O) groups is 1. The highest BCUT2D eigenvalue weighted by Gasteiger charge is 2.19. The second-order valence-corrected chi connectivity index (χ2v) is 4.00. The monoisotopic (exact) mass is 280 g/mol. The van der Waals surface area contributed by atoms with E-state index in [1.54, 1.807) is 6.92 Å². The van der Waals surface area contributed by atoms with Gasteiger partial charge in [0.15, 0.2) is 5.69 Å². The Labute approximate surface area is 114 Å². The fraction of sp³-hybridized carbons (Fsp3) is 0.333. The quantitative estimate of drug-likeness (QED) is 0.783. The molecule has 0 spiro atoms. The third-order valence-electron chi connectivity index (χ3n) is 2.79. The largest absolute Gasteiger partial charge is 0.481 e. The van der Waals surface area contributed by atoms with Crippen molar-refractivity contribution in [3.63, 3.8) is 0 Å². The first-order valence-electron chi connectivity index (χ1n) is 5.76. The zero-order chi connectivity index (χ0) is 14.7. The summed E-state index contributed by atoms with van der Waals surface area (Å²) in [5.41, 5.74) is 0.566. The molecule has 0 saturated heterocycles. The molecule has 0 aliphatic heterocycles. The molecule has 7 nitrogen and oxygen atoms in total. The standard InChI is InChI=1S/C12H13FN4O3/c1-7(9-4-8(13)5-14-11(9)19-2)17-6-10(15-16-17)12(18)20-3/h4-7H,1-3H3. The van der Waals surface area contributed by atoms with Crippen LogP contribution in [0, 0.1) is 5.82 Å². The van der Waals surface area contributed by atoms with Gasteiger partial charge < -0.3 is 9.47 Å². The Morgan fingerprint density at radius 3 is 2.85 bits per heavy atom. The number of carbonyl (C=O) groups excluding carboxylic acids is 1. The fourth-order valence-corrected chi connectivity index (χ4v) is 1.72. The molecule has 8 heteroatoms. The Hall–Kier alpha value is -2.51. The van der Waals surface area contributed by atoms with E-state index in [0.717, 1.165) is 6.20 Å². The van der Waals surface area contributed by atoms with Crippen LogP contribution in [0.1, 0.15) is 29.0 Å². The highest BCUT2D eigenvalue weighted by Crippen LogP contribution is 2.25. The molecule has 0 amide bonds. The Kier molecular flexibility index (Phi) is 3.92. The van der Waals surface area contributed by atoms with Crippen LogP contribution in [-0.4, -0.2) is 40.2 Å². The molecular weight excluding hydrogens is 267 g/mol. The molecule has 0 aromatic carbocycles. The summed E-state index contributed by atoms with van der Waals surface area (Å²) in [4.78, 5) is 15.2. The maximum atomic E-state index is 13.3. The Bertz CT molecular complexity index is 629. The highest BCUT2D eigenvalue weighted by atomic mass is 19.1. The van der Waals surface area contributed by atoms with Gasteiger partial charge in [0.05, 0.1) is 32.7 Å². The maximum absolute atomic E-state index is 13.3. The van der Waals surface area contributed by atoms with Crippen LogP contribution in [0.4, 0.5) is 4.39 Å². The van der Waals surface area contributed by atoms with E-state index in [0.29, 0.717) is 5.56 Å². The predicted molar refractivity (Wildman–Crippen MR) is 65.9 cm³/mol. The molecule has 1 unspecified atom stereocenters. The molecule has 0 aliphatic carbocycles. The van der Waals surface area contributed by atoms with E-state index in [4.69, 9.17) is 4.74 Å². The van der Waals surface area contributed by atoms with Crippen molar-refractivity contribution < 1.29 is 18.7 Å². The molecule has 0 radical (unpaired) electrons. The summed E-state index contributed by atoms with van der Waals surface area (Å²) < 4.78 is 24.4. The highest BCUT2D eigenvalue weighted by molar-refractivity contribution is 5.86. The lowest BCUT2D eigenvalue weighted by Gasteiger charge is -2.14. The molecule has 20 heavy (non-hydrogen) atoms. The van der Waals surface area contributed by atoms with E-state index in [-0.39, 0.29) is 11.6 Å². The molecule has 0 fully saturated rings. The van der Waals surface area contributed by atoms with Crippen molar-refractivity contribution in [2.45, 2.75) is 13.0 Å². The van der Waals surface area contributed by atoms with Gasteiger partial charge >= 0.3 is 5.97 Å². The van der Waals surface area contributed by atoms with Crippen LogP contribution in [0.5, 0.6) is 5.88 Å². The van der Waals surface area contributed by atoms with Crippen LogP contribution in [0.25, 0.3) is 0 Å². The average Bonchev–Trinajstić information content (AvgIpc) is 2.95. The Morgan fingerprint density at radius 2 is 2.20 bits per heavy atom. The first-order valence-corrected chi connectivity index (χ1v) is 5.76. The van der Waals surface area contributed by atoms with Crippen LogP contribution in [0.15, 0.2) is 18.5 Å². The van der Waals surface area contributed by atoms with Gasteiger partial charge in [0.1, 0.15) is 5.82 Å². The average molecular weight is 280 g/mol. The molecule has 2 aromatic heterocycles. The normalized spacial score (nSPS) is 12.0. The van der Waals surface area contributed by atoms with Gasteiger partial charge in [-0.2, -0.15) is 0 Å². The summed E-state index contributed by atoms with van der Waals surface area (Å²) in [6, 6.07) is 0.898. The molecule has 0 N–H and O–H groups in total. The summed E-state index contributed by atoms with van der Waals surface area (Å²) in [6.07, 6.45) is 2.48. The van der Waals surface area contributed by atoms with Crippen molar-refractivity contribution in [2.75, 3.05) is 14.2 Å². The SMILES string of the molecule is COC(=O)c1cn(C(C)c2cc(F)cnc2OC)nn1. The van der Waals surface area contributed by atoms with Crippen LogP contribution in [0.3, 0.4) is 0 Å². The number of hydrogen-bond donors (Lipinski definition) is 0. The number of esters is 1. The van der Waals surface area contributed by atoms with E-state index in [2.05, 4.69) is 20.0 Å². The molecule has 0 bridgehead atoms. The summed E-state index contributed by atoms with van der Waals surface area (Å²) in [7, 11) is 2.70. The van der Waals surface area contributed by atoms with E-state index in [9.17, 15) is 9.18 Å². The van der Waals surface area contributed by atoms with Crippen LogP contribution in [0.2, 0.25) is 0 Å². The second-order valence-electron chi connectivity index (χ2n) is 4.00. The van der Waals surface area contributed by atoms with Crippen molar-refractivity contribution in [1.29, 1.82) is 0 Å². The number of rotatable bonds is 4. The van der Waals surface area contributed by atoms with Gasteiger partial charge in [0.25, 0.3) is 0 Å². The van der Waals surface area contributed by atoms with E-state index in [1.807, 2.05) is 0 Å².